The maximum absolute atomic E-state index is 12.3. The number of amides is 1. The molecule has 1 aliphatic rings. The molecule has 0 radical (unpaired) electrons. The molecule has 1 amide bonds. The van der Waals surface area contributed by atoms with E-state index in [0.29, 0.717) is 6.54 Å². The van der Waals surface area contributed by atoms with E-state index in [4.69, 9.17) is 5.73 Å². The first kappa shape index (κ1) is 12.6. The van der Waals surface area contributed by atoms with Gasteiger partial charge in [-0.25, -0.2) is 0 Å². The highest BCUT2D eigenvalue weighted by molar-refractivity contribution is 9.10. The monoisotopic (exact) mass is 296 g/mol. The molecule has 0 spiro atoms. The van der Waals surface area contributed by atoms with E-state index in [1.807, 2.05) is 30.0 Å². The number of hydrogen-bond acceptors (Lipinski definition) is 2. The summed E-state index contributed by atoms with van der Waals surface area (Å²) in [6.07, 6.45) is 2.02. The molecule has 1 heterocycles. The van der Waals surface area contributed by atoms with Crippen LogP contribution in [-0.2, 0) is 0 Å². The first-order valence-electron chi connectivity index (χ1n) is 5.89. The Hall–Kier alpha value is -0.870. The summed E-state index contributed by atoms with van der Waals surface area (Å²) in [6, 6.07) is 5.88. The van der Waals surface area contributed by atoms with Gasteiger partial charge in [0.25, 0.3) is 5.91 Å². The van der Waals surface area contributed by atoms with Crippen molar-refractivity contribution in [3.8, 4) is 0 Å². The van der Waals surface area contributed by atoms with Crippen molar-refractivity contribution in [2.75, 3.05) is 13.1 Å². The fourth-order valence-electron chi connectivity index (χ4n) is 2.23. The third kappa shape index (κ3) is 2.87. The van der Waals surface area contributed by atoms with Crippen molar-refractivity contribution < 1.29 is 4.79 Å². The predicted molar refractivity (Wildman–Crippen MR) is 72.0 cm³/mol. The van der Waals surface area contributed by atoms with E-state index in [1.54, 1.807) is 0 Å². The summed E-state index contributed by atoms with van der Waals surface area (Å²) in [5.74, 6) is 0.102. The van der Waals surface area contributed by atoms with Crippen LogP contribution in [-0.4, -0.2) is 29.9 Å². The van der Waals surface area contributed by atoms with E-state index in [0.717, 1.165) is 35.0 Å². The van der Waals surface area contributed by atoms with Crippen LogP contribution in [0.1, 0.15) is 28.8 Å². The normalized spacial score (nSPS) is 20.4. The number of hydrogen-bond donors (Lipinski definition) is 1. The van der Waals surface area contributed by atoms with Crippen molar-refractivity contribution in [2.45, 2.75) is 25.8 Å². The van der Waals surface area contributed by atoms with Crippen LogP contribution in [0.3, 0.4) is 0 Å². The molecule has 0 bridgehead atoms. The largest absolute Gasteiger partial charge is 0.337 e. The molecule has 2 rings (SSSR count). The maximum atomic E-state index is 12.3. The summed E-state index contributed by atoms with van der Waals surface area (Å²) in [4.78, 5) is 14.2. The minimum absolute atomic E-state index is 0.102. The van der Waals surface area contributed by atoms with E-state index >= 15 is 0 Å². The standard InChI is InChI=1S/C13H17BrN2O/c1-9-7-10(14)4-5-12(9)13(17)16-6-2-3-11(15)8-16/h4-5,7,11H,2-3,6,8,15H2,1H3/t11-/m1/s1. The molecule has 4 heteroatoms. The lowest BCUT2D eigenvalue weighted by molar-refractivity contribution is 0.0708. The quantitative estimate of drug-likeness (QED) is 0.864. The molecule has 0 aliphatic carbocycles. The second-order valence-corrected chi connectivity index (χ2v) is 5.53. The molecular weight excluding hydrogens is 280 g/mol. The van der Waals surface area contributed by atoms with E-state index in [2.05, 4.69) is 15.9 Å². The molecule has 0 unspecified atom stereocenters. The number of carbonyl (C=O) groups is 1. The molecule has 1 aromatic rings. The van der Waals surface area contributed by atoms with Crippen molar-refractivity contribution in [1.29, 1.82) is 0 Å². The highest BCUT2D eigenvalue weighted by Crippen LogP contribution is 2.19. The number of rotatable bonds is 1. The average Bonchev–Trinajstić information content (AvgIpc) is 2.28. The zero-order valence-electron chi connectivity index (χ0n) is 9.95. The second-order valence-electron chi connectivity index (χ2n) is 4.61. The van der Waals surface area contributed by atoms with Gasteiger partial charge in [0.15, 0.2) is 0 Å². The summed E-state index contributed by atoms with van der Waals surface area (Å²) in [5, 5.41) is 0. The molecule has 17 heavy (non-hydrogen) atoms. The number of halogens is 1. The van der Waals surface area contributed by atoms with Gasteiger partial charge in [0.1, 0.15) is 0 Å². The zero-order chi connectivity index (χ0) is 12.4. The van der Waals surface area contributed by atoms with Crippen LogP contribution in [0.4, 0.5) is 0 Å². The fraction of sp³-hybridized carbons (Fsp3) is 0.462. The number of benzene rings is 1. The molecule has 1 fully saturated rings. The van der Waals surface area contributed by atoms with Gasteiger partial charge in [-0.2, -0.15) is 0 Å². The van der Waals surface area contributed by atoms with Gasteiger partial charge in [-0.05, 0) is 43.5 Å². The Morgan fingerprint density at radius 3 is 2.94 bits per heavy atom. The lowest BCUT2D eigenvalue weighted by Gasteiger charge is -2.31. The number of nitrogens with two attached hydrogens (primary N) is 1. The van der Waals surface area contributed by atoms with Crippen LogP contribution in [0, 0.1) is 6.92 Å². The SMILES string of the molecule is Cc1cc(Br)ccc1C(=O)N1CCC[C@@H](N)C1. The third-order valence-corrected chi connectivity index (χ3v) is 3.66. The molecule has 0 aromatic heterocycles. The number of aryl methyl sites for hydroxylation is 1. The number of likely N-dealkylation sites (tertiary alicyclic amines) is 1. The molecule has 1 aromatic carbocycles. The van der Waals surface area contributed by atoms with E-state index < -0.39 is 0 Å². The molecule has 3 nitrogen and oxygen atoms in total. The van der Waals surface area contributed by atoms with Crippen LogP contribution >= 0.6 is 15.9 Å². The second kappa shape index (κ2) is 5.19. The van der Waals surface area contributed by atoms with Gasteiger partial charge >= 0.3 is 0 Å². The highest BCUT2D eigenvalue weighted by Gasteiger charge is 2.23. The topological polar surface area (TPSA) is 46.3 Å². The zero-order valence-corrected chi connectivity index (χ0v) is 11.5. The first-order valence-corrected chi connectivity index (χ1v) is 6.68. The van der Waals surface area contributed by atoms with Crippen molar-refractivity contribution in [2.24, 2.45) is 5.73 Å². The van der Waals surface area contributed by atoms with E-state index in [1.165, 1.54) is 0 Å². The molecule has 1 atom stereocenters. The van der Waals surface area contributed by atoms with Crippen LogP contribution in [0.5, 0.6) is 0 Å². The van der Waals surface area contributed by atoms with Crippen LogP contribution in [0.25, 0.3) is 0 Å². The minimum atomic E-state index is 0.102. The Morgan fingerprint density at radius 2 is 2.29 bits per heavy atom. The van der Waals surface area contributed by atoms with Gasteiger partial charge in [-0.1, -0.05) is 15.9 Å². The maximum Gasteiger partial charge on any atom is 0.254 e. The summed E-state index contributed by atoms with van der Waals surface area (Å²) in [7, 11) is 0. The Kier molecular flexibility index (Phi) is 3.84. The Balaban J connectivity index is 2.18. The summed E-state index contributed by atoms with van der Waals surface area (Å²) < 4.78 is 1.00. The molecule has 2 N–H and O–H groups in total. The molecule has 1 saturated heterocycles. The number of nitrogens with zero attached hydrogens (tertiary/aromatic N) is 1. The fourth-order valence-corrected chi connectivity index (χ4v) is 2.71. The highest BCUT2D eigenvalue weighted by atomic mass is 79.9. The van der Waals surface area contributed by atoms with Crippen LogP contribution in [0.15, 0.2) is 22.7 Å². The smallest absolute Gasteiger partial charge is 0.254 e. The van der Waals surface area contributed by atoms with Gasteiger partial charge in [0.2, 0.25) is 0 Å². The lowest BCUT2D eigenvalue weighted by atomic mass is 10.0. The van der Waals surface area contributed by atoms with Crippen molar-refractivity contribution in [3.63, 3.8) is 0 Å². The lowest BCUT2D eigenvalue weighted by Crippen LogP contribution is -2.45. The molecular formula is C13H17BrN2O. The van der Waals surface area contributed by atoms with Crippen molar-refractivity contribution in [3.05, 3.63) is 33.8 Å². The Labute approximate surface area is 110 Å². The third-order valence-electron chi connectivity index (χ3n) is 3.16. The average molecular weight is 297 g/mol. The van der Waals surface area contributed by atoms with Gasteiger partial charge in [-0.3, -0.25) is 4.79 Å². The Bertz CT molecular complexity index is 433. The summed E-state index contributed by atoms with van der Waals surface area (Å²) in [6.45, 7) is 3.46. The summed E-state index contributed by atoms with van der Waals surface area (Å²) >= 11 is 3.41. The Morgan fingerprint density at radius 1 is 1.53 bits per heavy atom. The van der Waals surface area contributed by atoms with Gasteiger partial charge in [-0.15, -0.1) is 0 Å². The van der Waals surface area contributed by atoms with E-state index in [-0.39, 0.29) is 11.9 Å². The van der Waals surface area contributed by atoms with Gasteiger partial charge < -0.3 is 10.6 Å². The minimum Gasteiger partial charge on any atom is -0.337 e. The number of piperidine rings is 1. The van der Waals surface area contributed by atoms with Gasteiger partial charge in [0.05, 0.1) is 0 Å². The number of carbonyl (C=O) groups excluding carboxylic acids is 1. The van der Waals surface area contributed by atoms with Gasteiger partial charge in [0, 0.05) is 29.2 Å². The predicted octanol–water partition coefficient (Wildman–Crippen LogP) is 2.32. The first-order chi connectivity index (χ1) is 8.08. The van der Waals surface area contributed by atoms with E-state index in [9.17, 15) is 4.79 Å². The van der Waals surface area contributed by atoms with Crippen molar-refractivity contribution in [1.82, 2.24) is 4.90 Å². The molecule has 1 aliphatic heterocycles. The molecule has 92 valence electrons. The summed E-state index contributed by atoms with van der Waals surface area (Å²) in [5.41, 5.74) is 7.68. The van der Waals surface area contributed by atoms with Crippen LogP contribution in [0.2, 0.25) is 0 Å². The van der Waals surface area contributed by atoms with Crippen LogP contribution < -0.4 is 5.73 Å². The van der Waals surface area contributed by atoms with Crippen molar-refractivity contribution >= 4 is 21.8 Å². The molecule has 0 saturated carbocycles.